The number of benzene rings is 3. The zero-order chi connectivity index (χ0) is 29.0. The first-order chi connectivity index (χ1) is 18.2. The van der Waals surface area contributed by atoms with Gasteiger partial charge in [0.2, 0.25) is 11.8 Å². The van der Waals surface area contributed by atoms with E-state index in [1.807, 2.05) is 45.0 Å². The lowest BCUT2D eigenvalue weighted by atomic mass is 10.1. The molecule has 39 heavy (non-hydrogen) atoms. The molecule has 2 amide bonds. The summed E-state index contributed by atoms with van der Waals surface area (Å²) in [5.41, 5.74) is 0.317. The highest BCUT2D eigenvalue weighted by molar-refractivity contribution is 9.10. The van der Waals surface area contributed by atoms with Crippen LogP contribution in [0.4, 0.5) is 5.69 Å². The minimum absolute atomic E-state index is 0.0131. The Labute approximate surface area is 248 Å². The quantitative estimate of drug-likeness (QED) is 0.294. The summed E-state index contributed by atoms with van der Waals surface area (Å²) >= 11 is 15.9. The second-order valence-electron chi connectivity index (χ2n) is 9.99. The SMILES string of the molecule is C[C@@H](C(=O)NC(C)(C)C)N(Cc1cccc(Br)c1)C(=O)CN(c1ccc(Cl)cc1Cl)S(=O)(=O)c1ccccc1. The highest BCUT2D eigenvalue weighted by Crippen LogP contribution is 2.33. The van der Waals surface area contributed by atoms with Crippen LogP contribution in [0.3, 0.4) is 0 Å². The molecule has 0 aliphatic rings. The molecule has 3 aromatic rings. The van der Waals surface area contributed by atoms with Gasteiger partial charge in [0.05, 0.1) is 15.6 Å². The smallest absolute Gasteiger partial charge is 0.264 e. The van der Waals surface area contributed by atoms with E-state index in [-0.39, 0.29) is 28.1 Å². The number of halogens is 3. The number of hydrogen-bond acceptors (Lipinski definition) is 4. The Morgan fingerprint density at radius 2 is 1.64 bits per heavy atom. The van der Waals surface area contributed by atoms with Gasteiger partial charge in [-0.2, -0.15) is 0 Å². The molecule has 0 unspecified atom stereocenters. The molecule has 11 heteroatoms. The van der Waals surface area contributed by atoms with Crippen molar-refractivity contribution in [3.05, 3.63) is 92.9 Å². The molecule has 3 aromatic carbocycles. The lowest BCUT2D eigenvalue weighted by Crippen LogP contribution is -2.54. The predicted molar refractivity (Wildman–Crippen MR) is 159 cm³/mol. The number of rotatable bonds is 9. The topological polar surface area (TPSA) is 86.8 Å². The average Bonchev–Trinajstić information content (AvgIpc) is 2.85. The van der Waals surface area contributed by atoms with Gasteiger partial charge in [0.15, 0.2) is 0 Å². The molecule has 7 nitrogen and oxygen atoms in total. The maximum absolute atomic E-state index is 13.9. The summed E-state index contributed by atoms with van der Waals surface area (Å²) in [6.07, 6.45) is 0. The van der Waals surface area contributed by atoms with E-state index in [4.69, 9.17) is 23.2 Å². The summed E-state index contributed by atoms with van der Waals surface area (Å²) < 4.78 is 29.4. The number of sulfonamides is 1. The second kappa shape index (κ2) is 12.7. The normalized spacial score (nSPS) is 12.5. The van der Waals surface area contributed by atoms with E-state index in [0.717, 1.165) is 14.3 Å². The van der Waals surface area contributed by atoms with Gasteiger partial charge in [-0.1, -0.05) is 69.5 Å². The second-order valence-corrected chi connectivity index (χ2v) is 13.6. The molecule has 3 rings (SSSR count). The molecule has 0 aliphatic heterocycles. The van der Waals surface area contributed by atoms with E-state index in [1.54, 1.807) is 25.1 Å². The molecule has 0 aromatic heterocycles. The number of nitrogens with one attached hydrogen (secondary N) is 1. The van der Waals surface area contributed by atoms with Crippen LogP contribution in [-0.2, 0) is 26.2 Å². The molecule has 0 bridgehead atoms. The van der Waals surface area contributed by atoms with Crippen LogP contribution in [0.15, 0.2) is 82.2 Å². The molecule has 0 saturated heterocycles. The standard InChI is InChI=1S/C28H30BrCl2N3O4S/c1-19(27(36)32-28(2,3)4)33(17-20-9-8-10-21(29)15-20)26(35)18-34(25-14-13-22(30)16-24(25)31)39(37,38)23-11-6-5-7-12-23/h5-16,19H,17-18H2,1-4H3,(H,32,36)/t19-/m0/s1. The van der Waals surface area contributed by atoms with Gasteiger partial charge in [-0.05, 0) is 75.7 Å². The highest BCUT2D eigenvalue weighted by atomic mass is 79.9. The van der Waals surface area contributed by atoms with E-state index < -0.39 is 34.1 Å². The van der Waals surface area contributed by atoms with Crippen LogP contribution in [0.25, 0.3) is 0 Å². The lowest BCUT2D eigenvalue weighted by molar-refractivity contribution is -0.140. The fraction of sp³-hybridized carbons (Fsp3) is 0.286. The summed E-state index contributed by atoms with van der Waals surface area (Å²) in [6.45, 7) is 6.62. The van der Waals surface area contributed by atoms with Crippen molar-refractivity contribution >= 4 is 66.7 Å². The van der Waals surface area contributed by atoms with Gasteiger partial charge in [-0.25, -0.2) is 8.42 Å². The van der Waals surface area contributed by atoms with Crippen molar-refractivity contribution in [2.75, 3.05) is 10.8 Å². The van der Waals surface area contributed by atoms with Gasteiger partial charge in [-0.15, -0.1) is 0 Å². The molecule has 0 saturated carbocycles. The van der Waals surface area contributed by atoms with Crippen LogP contribution in [0.1, 0.15) is 33.3 Å². The number of nitrogens with zero attached hydrogens (tertiary/aromatic N) is 2. The molecule has 0 heterocycles. The number of amides is 2. The Morgan fingerprint density at radius 3 is 2.23 bits per heavy atom. The monoisotopic (exact) mass is 653 g/mol. The number of anilines is 1. The first-order valence-electron chi connectivity index (χ1n) is 12.1. The minimum Gasteiger partial charge on any atom is -0.350 e. The number of carbonyl (C=O) groups is 2. The number of hydrogen-bond donors (Lipinski definition) is 1. The average molecular weight is 655 g/mol. The Kier molecular flexibility index (Phi) is 10.1. The fourth-order valence-corrected chi connectivity index (χ4v) is 6.27. The van der Waals surface area contributed by atoms with Gasteiger partial charge in [0.1, 0.15) is 12.6 Å². The van der Waals surface area contributed by atoms with Crippen LogP contribution in [-0.4, -0.2) is 43.3 Å². The summed E-state index contributed by atoms with van der Waals surface area (Å²) in [6, 6.07) is 18.5. The van der Waals surface area contributed by atoms with E-state index in [9.17, 15) is 18.0 Å². The van der Waals surface area contributed by atoms with E-state index in [1.165, 1.54) is 35.2 Å². The van der Waals surface area contributed by atoms with Crippen LogP contribution < -0.4 is 9.62 Å². The van der Waals surface area contributed by atoms with E-state index >= 15 is 0 Å². The Morgan fingerprint density at radius 1 is 0.974 bits per heavy atom. The van der Waals surface area contributed by atoms with Crippen molar-refractivity contribution in [1.29, 1.82) is 0 Å². The summed E-state index contributed by atoms with van der Waals surface area (Å²) in [7, 11) is -4.22. The maximum Gasteiger partial charge on any atom is 0.264 e. The van der Waals surface area contributed by atoms with Crippen molar-refractivity contribution in [2.45, 2.75) is 50.7 Å². The van der Waals surface area contributed by atoms with E-state index in [0.29, 0.717) is 5.02 Å². The predicted octanol–water partition coefficient (Wildman–Crippen LogP) is 6.28. The maximum atomic E-state index is 13.9. The third-order valence-electron chi connectivity index (χ3n) is 5.70. The molecular formula is C28H30BrCl2N3O4S. The Hall–Kier alpha value is -2.59. The summed E-state index contributed by atoms with van der Waals surface area (Å²) in [5.74, 6) is -0.954. The van der Waals surface area contributed by atoms with Crippen molar-refractivity contribution in [2.24, 2.45) is 0 Å². The molecule has 1 atom stereocenters. The van der Waals surface area contributed by atoms with Crippen molar-refractivity contribution in [3.63, 3.8) is 0 Å². The summed E-state index contributed by atoms with van der Waals surface area (Å²) in [4.78, 5) is 28.4. The van der Waals surface area contributed by atoms with Crippen molar-refractivity contribution in [1.82, 2.24) is 10.2 Å². The zero-order valence-corrected chi connectivity index (χ0v) is 25.9. The first-order valence-corrected chi connectivity index (χ1v) is 15.1. The Balaban J connectivity index is 2.06. The molecule has 208 valence electrons. The molecule has 0 radical (unpaired) electrons. The van der Waals surface area contributed by atoms with Gasteiger partial charge >= 0.3 is 0 Å². The van der Waals surface area contributed by atoms with Crippen LogP contribution in [0.5, 0.6) is 0 Å². The molecule has 0 spiro atoms. The van der Waals surface area contributed by atoms with Crippen molar-refractivity contribution in [3.8, 4) is 0 Å². The van der Waals surface area contributed by atoms with E-state index in [2.05, 4.69) is 21.2 Å². The summed E-state index contributed by atoms with van der Waals surface area (Å²) in [5, 5.41) is 3.28. The lowest BCUT2D eigenvalue weighted by Gasteiger charge is -2.33. The molecular weight excluding hydrogens is 625 g/mol. The zero-order valence-electron chi connectivity index (χ0n) is 22.0. The first kappa shape index (κ1) is 30.9. The molecule has 1 N–H and O–H groups in total. The fourth-order valence-electron chi connectivity index (χ4n) is 3.81. The highest BCUT2D eigenvalue weighted by Gasteiger charge is 2.34. The van der Waals surface area contributed by atoms with Crippen LogP contribution >= 0.6 is 39.1 Å². The Bertz CT molecular complexity index is 1450. The van der Waals surface area contributed by atoms with Crippen molar-refractivity contribution < 1.29 is 18.0 Å². The minimum atomic E-state index is -4.22. The largest absolute Gasteiger partial charge is 0.350 e. The van der Waals surface area contributed by atoms with Gasteiger partial charge in [0, 0.05) is 21.6 Å². The van der Waals surface area contributed by atoms with Gasteiger partial charge in [0.25, 0.3) is 10.0 Å². The van der Waals surface area contributed by atoms with Gasteiger partial charge < -0.3 is 10.2 Å². The third kappa shape index (κ3) is 8.20. The number of carbonyl (C=O) groups excluding carboxylic acids is 2. The van der Waals surface area contributed by atoms with Crippen LogP contribution in [0.2, 0.25) is 10.0 Å². The molecule has 0 aliphatic carbocycles. The van der Waals surface area contributed by atoms with Gasteiger partial charge in [-0.3, -0.25) is 13.9 Å². The van der Waals surface area contributed by atoms with Crippen LogP contribution in [0, 0.1) is 0 Å². The third-order valence-corrected chi connectivity index (χ3v) is 8.50. The molecule has 0 fully saturated rings.